The van der Waals surface area contributed by atoms with Gasteiger partial charge < -0.3 is 4.74 Å². The second-order valence-corrected chi connectivity index (χ2v) is 6.37. The number of rotatable bonds is 5. The summed E-state index contributed by atoms with van der Waals surface area (Å²) in [5, 5.41) is 0. The van der Waals surface area contributed by atoms with Crippen molar-refractivity contribution in [2.75, 3.05) is 0 Å². The van der Waals surface area contributed by atoms with Gasteiger partial charge in [0.1, 0.15) is 6.10 Å². The summed E-state index contributed by atoms with van der Waals surface area (Å²) < 4.78 is 5.40. The molecular formula is C15H20O3S. The lowest BCUT2D eigenvalue weighted by atomic mass is 9.98. The van der Waals surface area contributed by atoms with Crippen LogP contribution in [0.15, 0.2) is 12.1 Å². The van der Waals surface area contributed by atoms with Crippen molar-refractivity contribution >= 4 is 23.1 Å². The fourth-order valence-corrected chi connectivity index (χ4v) is 3.19. The molecule has 1 aromatic rings. The van der Waals surface area contributed by atoms with Gasteiger partial charge in [-0.15, -0.1) is 11.3 Å². The molecule has 0 bridgehead atoms. The van der Waals surface area contributed by atoms with Crippen LogP contribution in [0.4, 0.5) is 0 Å². The molecule has 0 aromatic carbocycles. The van der Waals surface area contributed by atoms with E-state index in [4.69, 9.17) is 4.74 Å². The number of esters is 1. The second-order valence-electron chi connectivity index (χ2n) is 5.08. The average Bonchev–Trinajstić information content (AvgIpc) is 2.84. The van der Waals surface area contributed by atoms with Crippen LogP contribution in [0, 0.1) is 6.92 Å². The van der Waals surface area contributed by atoms with Crippen molar-refractivity contribution in [1.29, 1.82) is 0 Å². The monoisotopic (exact) mass is 280 g/mol. The van der Waals surface area contributed by atoms with Gasteiger partial charge in [-0.1, -0.05) is 6.42 Å². The number of aryl methyl sites for hydroxylation is 1. The molecule has 0 aliphatic heterocycles. The van der Waals surface area contributed by atoms with Crippen molar-refractivity contribution < 1.29 is 14.3 Å². The summed E-state index contributed by atoms with van der Waals surface area (Å²) in [7, 11) is 0. The highest BCUT2D eigenvalue weighted by Crippen LogP contribution is 2.21. The normalized spacial score (nSPS) is 16.3. The van der Waals surface area contributed by atoms with E-state index in [2.05, 4.69) is 0 Å². The second kappa shape index (κ2) is 6.85. The third kappa shape index (κ3) is 4.46. The van der Waals surface area contributed by atoms with E-state index in [-0.39, 0.29) is 30.7 Å². The molecule has 19 heavy (non-hydrogen) atoms. The minimum Gasteiger partial charge on any atom is -0.462 e. The maximum atomic E-state index is 11.9. The summed E-state index contributed by atoms with van der Waals surface area (Å²) in [5.74, 6) is -0.188. The zero-order valence-corrected chi connectivity index (χ0v) is 12.1. The molecule has 0 spiro atoms. The topological polar surface area (TPSA) is 43.4 Å². The van der Waals surface area contributed by atoms with Crippen LogP contribution in [-0.4, -0.2) is 17.9 Å². The lowest BCUT2D eigenvalue weighted by Gasteiger charge is -2.21. The zero-order valence-electron chi connectivity index (χ0n) is 11.3. The Morgan fingerprint density at radius 2 is 1.95 bits per heavy atom. The summed E-state index contributed by atoms with van der Waals surface area (Å²) in [4.78, 5) is 25.4. The van der Waals surface area contributed by atoms with Gasteiger partial charge in [-0.2, -0.15) is 0 Å². The fraction of sp³-hybridized carbons (Fsp3) is 0.600. The minimum absolute atomic E-state index is 0.0405. The maximum Gasteiger partial charge on any atom is 0.306 e. The first-order chi connectivity index (χ1) is 9.15. The number of carbonyl (C=O) groups excluding carboxylic acids is 2. The first-order valence-corrected chi connectivity index (χ1v) is 7.76. The van der Waals surface area contributed by atoms with Crippen LogP contribution >= 0.6 is 11.3 Å². The fourth-order valence-electron chi connectivity index (χ4n) is 2.35. The van der Waals surface area contributed by atoms with Crippen molar-refractivity contribution in [3.63, 3.8) is 0 Å². The van der Waals surface area contributed by atoms with Gasteiger partial charge in [0.05, 0.1) is 11.3 Å². The number of hydrogen-bond acceptors (Lipinski definition) is 4. The Balaban J connectivity index is 1.72. The molecule has 3 nitrogen and oxygen atoms in total. The highest BCUT2D eigenvalue weighted by Gasteiger charge is 2.18. The molecule has 1 fully saturated rings. The molecule has 0 unspecified atom stereocenters. The number of hydrogen-bond donors (Lipinski definition) is 0. The van der Waals surface area contributed by atoms with Gasteiger partial charge in [-0.3, -0.25) is 9.59 Å². The number of ether oxygens (including phenoxy) is 1. The summed E-state index contributed by atoms with van der Waals surface area (Å²) in [5.41, 5.74) is 0. The van der Waals surface area contributed by atoms with Gasteiger partial charge in [-0.05, 0) is 44.7 Å². The number of Topliss-reactive ketones (excluding diaryl/α,β-unsaturated/α-hetero) is 1. The Morgan fingerprint density at radius 1 is 1.21 bits per heavy atom. The number of carbonyl (C=O) groups is 2. The van der Waals surface area contributed by atoms with E-state index in [0.29, 0.717) is 0 Å². The van der Waals surface area contributed by atoms with Crippen LogP contribution in [0.2, 0.25) is 0 Å². The van der Waals surface area contributed by atoms with E-state index in [1.54, 1.807) is 0 Å². The third-order valence-electron chi connectivity index (χ3n) is 3.42. The van der Waals surface area contributed by atoms with E-state index in [9.17, 15) is 9.59 Å². The molecule has 0 amide bonds. The lowest BCUT2D eigenvalue weighted by molar-refractivity contribution is -0.150. The van der Waals surface area contributed by atoms with Crippen molar-refractivity contribution in [3.8, 4) is 0 Å². The van der Waals surface area contributed by atoms with Crippen molar-refractivity contribution in [1.82, 2.24) is 0 Å². The van der Waals surface area contributed by atoms with Crippen molar-refractivity contribution in [2.24, 2.45) is 0 Å². The molecule has 0 N–H and O–H groups in total. The molecule has 4 heteroatoms. The molecule has 0 saturated heterocycles. The third-order valence-corrected chi connectivity index (χ3v) is 4.46. The van der Waals surface area contributed by atoms with E-state index >= 15 is 0 Å². The van der Waals surface area contributed by atoms with E-state index < -0.39 is 0 Å². The minimum atomic E-state index is -0.228. The predicted molar refractivity (Wildman–Crippen MR) is 75.6 cm³/mol. The molecule has 1 aliphatic rings. The Bertz CT molecular complexity index is 444. The Hall–Kier alpha value is -1.16. The van der Waals surface area contributed by atoms with E-state index in [1.807, 2.05) is 19.1 Å². The van der Waals surface area contributed by atoms with Gasteiger partial charge in [0.15, 0.2) is 5.78 Å². The van der Waals surface area contributed by atoms with Crippen LogP contribution < -0.4 is 0 Å². The van der Waals surface area contributed by atoms with Gasteiger partial charge in [0, 0.05) is 11.3 Å². The van der Waals surface area contributed by atoms with Crippen LogP contribution in [0.5, 0.6) is 0 Å². The lowest BCUT2D eigenvalue weighted by Crippen LogP contribution is -2.21. The largest absolute Gasteiger partial charge is 0.462 e. The molecule has 104 valence electrons. The van der Waals surface area contributed by atoms with Crippen molar-refractivity contribution in [2.45, 2.75) is 58.0 Å². The smallest absolute Gasteiger partial charge is 0.306 e. The summed E-state index contributed by atoms with van der Waals surface area (Å²) in [6, 6.07) is 3.76. The highest BCUT2D eigenvalue weighted by molar-refractivity contribution is 7.14. The SMILES string of the molecule is Cc1ccc(C(=O)CCC(=O)OC2CCCCC2)s1. The molecule has 2 rings (SSSR count). The standard InChI is InChI=1S/C15H20O3S/c1-11-7-9-14(19-11)13(16)8-10-15(17)18-12-5-3-2-4-6-12/h7,9,12H,2-6,8,10H2,1H3. The summed E-state index contributed by atoms with van der Waals surface area (Å²) in [6.45, 7) is 1.97. The first-order valence-electron chi connectivity index (χ1n) is 6.94. The van der Waals surface area contributed by atoms with Gasteiger partial charge in [-0.25, -0.2) is 0 Å². The number of ketones is 1. The zero-order chi connectivity index (χ0) is 13.7. The van der Waals surface area contributed by atoms with Crippen LogP contribution in [0.1, 0.15) is 59.5 Å². The molecule has 1 aliphatic carbocycles. The first kappa shape index (κ1) is 14.3. The quantitative estimate of drug-likeness (QED) is 0.607. The molecular weight excluding hydrogens is 260 g/mol. The van der Waals surface area contributed by atoms with E-state index in [0.717, 1.165) is 35.4 Å². The van der Waals surface area contributed by atoms with Crippen LogP contribution in [0.25, 0.3) is 0 Å². The molecule has 1 heterocycles. The molecule has 0 radical (unpaired) electrons. The Morgan fingerprint density at radius 3 is 2.58 bits per heavy atom. The van der Waals surface area contributed by atoms with Crippen LogP contribution in [0.3, 0.4) is 0 Å². The Kier molecular flexibility index (Phi) is 5.14. The predicted octanol–water partition coefficient (Wildman–Crippen LogP) is 3.90. The summed E-state index contributed by atoms with van der Waals surface area (Å²) in [6.07, 6.45) is 6.02. The molecule has 0 atom stereocenters. The van der Waals surface area contributed by atoms with Gasteiger partial charge in [0.2, 0.25) is 0 Å². The van der Waals surface area contributed by atoms with Crippen LogP contribution in [-0.2, 0) is 9.53 Å². The van der Waals surface area contributed by atoms with Crippen molar-refractivity contribution in [3.05, 3.63) is 21.9 Å². The average molecular weight is 280 g/mol. The molecule has 1 saturated carbocycles. The number of thiophene rings is 1. The van der Waals surface area contributed by atoms with Gasteiger partial charge >= 0.3 is 5.97 Å². The maximum absolute atomic E-state index is 11.9. The van der Waals surface area contributed by atoms with Gasteiger partial charge in [0.25, 0.3) is 0 Å². The summed E-state index contributed by atoms with van der Waals surface area (Å²) >= 11 is 1.48. The Labute approximate surface area is 118 Å². The molecule has 1 aromatic heterocycles. The highest BCUT2D eigenvalue weighted by atomic mass is 32.1. The van der Waals surface area contributed by atoms with E-state index in [1.165, 1.54) is 17.8 Å².